The van der Waals surface area contributed by atoms with E-state index in [-0.39, 0.29) is 5.54 Å². The molecule has 0 amide bonds. The Kier molecular flexibility index (Phi) is 2.49. The van der Waals surface area contributed by atoms with E-state index in [0.29, 0.717) is 6.54 Å². The number of aryl methyl sites for hydroxylation is 1. The number of nitrogens with two attached hydrogens (primary N) is 1. The highest BCUT2D eigenvalue weighted by Gasteiger charge is 2.41. The average molecular weight is 256 g/mol. The Bertz CT molecular complexity index is 347. The van der Waals surface area contributed by atoms with E-state index in [4.69, 9.17) is 5.73 Å². The highest BCUT2D eigenvalue weighted by Crippen LogP contribution is 2.38. The molecular weight excluding hydrogens is 242 g/mol. The van der Waals surface area contributed by atoms with Gasteiger partial charge in [-0.25, -0.2) is 4.98 Å². The minimum atomic E-state index is 0.116. The predicted octanol–water partition coefficient (Wildman–Crippen LogP) is 2.06. The number of halogens is 1. The smallest absolute Gasteiger partial charge is 0.140 e. The maximum absolute atomic E-state index is 5.69. The van der Waals surface area contributed by atoms with Crippen LogP contribution < -0.4 is 11.1 Å². The Morgan fingerprint density at radius 3 is 2.86 bits per heavy atom. The van der Waals surface area contributed by atoms with Crippen LogP contribution in [-0.4, -0.2) is 17.1 Å². The van der Waals surface area contributed by atoms with Gasteiger partial charge >= 0.3 is 0 Å². The summed E-state index contributed by atoms with van der Waals surface area (Å²) >= 11 is 3.49. The van der Waals surface area contributed by atoms with Crippen molar-refractivity contribution in [1.82, 2.24) is 4.98 Å². The normalized spacial score (nSPS) is 17.9. The zero-order valence-electron chi connectivity index (χ0n) is 8.18. The molecule has 4 heteroatoms. The predicted molar refractivity (Wildman–Crippen MR) is 61.3 cm³/mol. The van der Waals surface area contributed by atoms with Gasteiger partial charge in [-0.3, -0.25) is 0 Å². The van der Waals surface area contributed by atoms with Crippen molar-refractivity contribution in [2.24, 2.45) is 5.73 Å². The fourth-order valence-electron chi connectivity index (χ4n) is 1.41. The van der Waals surface area contributed by atoms with E-state index >= 15 is 0 Å². The minimum Gasteiger partial charge on any atom is -0.362 e. The molecule has 1 heterocycles. The van der Waals surface area contributed by atoms with Gasteiger partial charge in [-0.05, 0) is 47.3 Å². The molecule has 0 aromatic carbocycles. The van der Waals surface area contributed by atoms with E-state index in [1.807, 2.05) is 13.1 Å². The summed E-state index contributed by atoms with van der Waals surface area (Å²) < 4.78 is 1.01. The van der Waals surface area contributed by atoms with E-state index < -0.39 is 0 Å². The zero-order chi connectivity index (χ0) is 10.2. The molecule has 3 nitrogen and oxygen atoms in total. The molecule has 0 atom stereocenters. The Balaban J connectivity index is 2.17. The van der Waals surface area contributed by atoms with E-state index in [1.165, 1.54) is 0 Å². The second kappa shape index (κ2) is 3.51. The topological polar surface area (TPSA) is 50.9 Å². The number of nitrogens with one attached hydrogen (secondary N) is 1. The maximum Gasteiger partial charge on any atom is 0.140 e. The van der Waals surface area contributed by atoms with E-state index in [0.717, 1.165) is 28.7 Å². The Hall–Kier alpha value is -0.610. The molecule has 1 aromatic heterocycles. The molecule has 1 aromatic rings. The van der Waals surface area contributed by atoms with Crippen molar-refractivity contribution in [2.75, 3.05) is 11.9 Å². The Morgan fingerprint density at radius 2 is 2.36 bits per heavy atom. The summed E-state index contributed by atoms with van der Waals surface area (Å²) in [5.74, 6) is 0.901. The first-order chi connectivity index (χ1) is 6.65. The standard InChI is InChI=1S/C10H14BrN3/c1-7-4-8(11)9(13-5-7)14-10(6-12)2-3-10/h4-5H,2-3,6,12H2,1H3,(H,13,14). The van der Waals surface area contributed by atoms with Crippen LogP contribution in [0.3, 0.4) is 0 Å². The van der Waals surface area contributed by atoms with Gasteiger partial charge in [0.2, 0.25) is 0 Å². The van der Waals surface area contributed by atoms with Gasteiger partial charge in [0.05, 0.1) is 10.0 Å². The highest BCUT2D eigenvalue weighted by atomic mass is 79.9. The molecule has 76 valence electrons. The molecule has 1 aliphatic carbocycles. The van der Waals surface area contributed by atoms with Crippen molar-refractivity contribution < 1.29 is 0 Å². The van der Waals surface area contributed by atoms with Crippen molar-refractivity contribution in [2.45, 2.75) is 25.3 Å². The van der Waals surface area contributed by atoms with Crippen LogP contribution >= 0.6 is 15.9 Å². The molecule has 0 unspecified atom stereocenters. The third kappa shape index (κ3) is 1.91. The van der Waals surface area contributed by atoms with Gasteiger partial charge in [0.1, 0.15) is 5.82 Å². The zero-order valence-corrected chi connectivity index (χ0v) is 9.76. The summed E-state index contributed by atoms with van der Waals surface area (Å²) in [5.41, 5.74) is 6.96. The van der Waals surface area contributed by atoms with Gasteiger partial charge < -0.3 is 11.1 Å². The lowest BCUT2D eigenvalue weighted by Gasteiger charge is -2.16. The molecule has 2 rings (SSSR count). The van der Waals surface area contributed by atoms with Crippen molar-refractivity contribution in [3.05, 3.63) is 22.3 Å². The second-order valence-corrected chi connectivity index (χ2v) is 4.81. The number of rotatable bonds is 3. The lowest BCUT2D eigenvalue weighted by Crippen LogP contribution is -2.31. The van der Waals surface area contributed by atoms with Gasteiger partial charge in [0, 0.05) is 12.7 Å². The first kappa shape index (κ1) is 9.93. The van der Waals surface area contributed by atoms with Crippen LogP contribution in [0.25, 0.3) is 0 Å². The summed E-state index contributed by atoms with van der Waals surface area (Å²) in [4.78, 5) is 4.34. The van der Waals surface area contributed by atoms with Gasteiger partial charge in [0.15, 0.2) is 0 Å². The summed E-state index contributed by atoms with van der Waals surface area (Å²) in [7, 11) is 0. The largest absolute Gasteiger partial charge is 0.362 e. The lowest BCUT2D eigenvalue weighted by atomic mass is 10.2. The Labute approximate surface area is 92.2 Å². The molecule has 1 saturated carbocycles. The molecule has 0 radical (unpaired) electrons. The molecule has 0 saturated heterocycles. The third-order valence-electron chi connectivity index (χ3n) is 2.61. The SMILES string of the molecule is Cc1cnc(NC2(CN)CC2)c(Br)c1. The summed E-state index contributed by atoms with van der Waals surface area (Å²) in [6, 6.07) is 2.06. The van der Waals surface area contributed by atoms with Crippen molar-refractivity contribution in [3.8, 4) is 0 Å². The maximum atomic E-state index is 5.69. The molecular formula is C10H14BrN3. The van der Waals surface area contributed by atoms with Crippen LogP contribution in [-0.2, 0) is 0 Å². The Morgan fingerprint density at radius 1 is 1.64 bits per heavy atom. The minimum absolute atomic E-state index is 0.116. The average Bonchev–Trinajstić information content (AvgIpc) is 2.91. The quantitative estimate of drug-likeness (QED) is 0.870. The number of aromatic nitrogens is 1. The first-order valence-electron chi connectivity index (χ1n) is 4.76. The molecule has 0 spiro atoms. The fraction of sp³-hybridized carbons (Fsp3) is 0.500. The number of anilines is 1. The van der Waals surface area contributed by atoms with Crippen LogP contribution in [0.2, 0.25) is 0 Å². The molecule has 1 aliphatic rings. The van der Waals surface area contributed by atoms with Gasteiger partial charge in [-0.2, -0.15) is 0 Å². The number of hydrogen-bond acceptors (Lipinski definition) is 3. The second-order valence-electron chi connectivity index (χ2n) is 3.95. The molecule has 0 aliphatic heterocycles. The first-order valence-corrected chi connectivity index (χ1v) is 5.55. The fourth-order valence-corrected chi connectivity index (χ4v) is 1.97. The third-order valence-corrected chi connectivity index (χ3v) is 3.21. The van der Waals surface area contributed by atoms with Crippen LogP contribution in [0.5, 0.6) is 0 Å². The molecule has 14 heavy (non-hydrogen) atoms. The van der Waals surface area contributed by atoms with Crippen LogP contribution in [0, 0.1) is 6.92 Å². The van der Waals surface area contributed by atoms with E-state index in [9.17, 15) is 0 Å². The van der Waals surface area contributed by atoms with E-state index in [2.05, 4.69) is 32.3 Å². The summed E-state index contributed by atoms with van der Waals surface area (Å²) in [6.07, 6.45) is 4.15. The van der Waals surface area contributed by atoms with Gasteiger partial charge in [-0.1, -0.05) is 0 Å². The van der Waals surface area contributed by atoms with Gasteiger partial charge in [0.25, 0.3) is 0 Å². The number of nitrogens with zero attached hydrogens (tertiary/aromatic N) is 1. The number of pyridine rings is 1. The monoisotopic (exact) mass is 255 g/mol. The summed E-state index contributed by atoms with van der Waals surface area (Å²) in [5, 5.41) is 3.39. The molecule has 0 bridgehead atoms. The highest BCUT2D eigenvalue weighted by molar-refractivity contribution is 9.10. The van der Waals surface area contributed by atoms with Crippen LogP contribution in [0.4, 0.5) is 5.82 Å². The molecule has 3 N–H and O–H groups in total. The van der Waals surface area contributed by atoms with Crippen molar-refractivity contribution in [3.63, 3.8) is 0 Å². The molecule has 1 fully saturated rings. The van der Waals surface area contributed by atoms with Gasteiger partial charge in [-0.15, -0.1) is 0 Å². The van der Waals surface area contributed by atoms with Crippen LogP contribution in [0.15, 0.2) is 16.7 Å². The van der Waals surface area contributed by atoms with Crippen LogP contribution in [0.1, 0.15) is 18.4 Å². The summed E-state index contributed by atoms with van der Waals surface area (Å²) in [6.45, 7) is 2.70. The number of hydrogen-bond donors (Lipinski definition) is 2. The lowest BCUT2D eigenvalue weighted by molar-refractivity contribution is 0.736. The van der Waals surface area contributed by atoms with Crippen molar-refractivity contribution >= 4 is 21.7 Å². The van der Waals surface area contributed by atoms with E-state index in [1.54, 1.807) is 0 Å². The van der Waals surface area contributed by atoms with Crippen molar-refractivity contribution in [1.29, 1.82) is 0 Å².